The third kappa shape index (κ3) is 3.86. The van der Waals surface area contributed by atoms with Crippen molar-refractivity contribution in [3.63, 3.8) is 0 Å². The maximum absolute atomic E-state index is 13.3. The van der Waals surface area contributed by atoms with Crippen molar-refractivity contribution >= 4 is 17.2 Å². The summed E-state index contributed by atoms with van der Waals surface area (Å²) < 4.78 is 13.3. The van der Waals surface area contributed by atoms with Crippen LogP contribution in [-0.4, -0.2) is 10.9 Å². The molecule has 0 spiro atoms. The first-order chi connectivity index (χ1) is 9.04. The largest absolute Gasteiger partial charge is 0.352 e. The van der Waals surface area contributed by atoms with Crippen molar-refractivity contribution in [2.24, 2.45) is 0 Å². The van der Waals surface area contributed by atoms with Crippen LogP contribution in [0, 0.1) is 19.7 Å². The number of nitrogens with zero attached hydrogens (tertiary/aromatic N) is 1. The number of thiazole rings is 1. The van der Waals surface area contributed by atoms with E-state index < -0.39 is 0 Å². The number of halogens is 1. The fourth-order valence-electron chi connectivity index (χ4n) is 1.66. The van der Waals surface area contributed by atoms with Gasteiger partial charge in [0, 0.05) is 11.9 Å². The minimum absolute atomic E-state index is 0.105. The Morgan fingerprint density at radius 2 is 2.21 bits per heavy atom. The van der Waals surface area contributed by atoms with Crippen LogP contribution < -0.4 is 5.32 Å². The average molecular weight is 278 g/mol. The fourth-order valence-corrected chi connectivity index (χ4v) is 2.28. The van der Waals surface area contributed by atoms with E-state index >= 15 is 0 Å². The monoisotopic (exact) mass is 278 g/mol. The molecule has 1 heterocycles. The molecule has 2 rings (SSSR count). The van der Waals surface area contributed by atoms with E-state index in [9.17, 15) is 9.18 Å². The Balaban J connectivity index is 1.88. The van der Waals surface area contributed by atoms with Crippen LogP contribution in [0.15, 0.2) is 23.6 Å². The average Bonchev–Trinajstić information content (AvgIpc) is 2.76. The van der Waals surface area contributed by atoms with Gasteiger partial charge in [-0.3, -0.25) is 4.79 Å². The number of nitrogens with one attached hydrogen (secondary N) is 1. The van der Waals surface area contributed by atoms with Crippen molar-refractivity contribution in [3.05, 3.63) is 51.2 Å². The highest BCUT2D eigenvalue weighted by Gasteiger charge is 2.06. The summed E-state index contributed by atoms with van der Waals surface area (Å²) in [6, 6.07) is 4.97. The standard InChI is InChI=1S/C14H15FN2OS/c1-9-3-4-11(5-13(9)15)7-16-14(18)6-12-8-19-10(2)17-12/h3-5,8H,6-7H2,1-2H3,(H,16,18). The highest BCUT2D eigenvalue weighted by Crippen LogP contribution is 2.10. The number of aromatic nitrogens is 1. The smallest absolute Gasteiger partial charge is 0.226 e. The molecule has 19 heavy (non-hydrogen) atoms. The van der Waals surface area contributed by atoms with Crippen molar-refractivity contribution in [1.82, 2.24) is 10.3 Å². The van der Waals surface area contributed by atoms with Gasteiger partial charge >= 0.3 is 0 Å². The summed E-state index contributed by atoms with van der Waals surface area (Å²) in [7, 11) is 0. The van der Waals surface area contributed by atoms with Gasteiger partial charge in [0.1, 0.15) is 5.82 Å². The van der Waals surface area contributed by atoms with E-state index in [-0.39, 0.29) is 18.1 Å². The second-order valence-electron chi connectivity index (χ2n) is 4.39. The molecule has 1 aromatic carbocycles. The quantitative estimate of drug-likeness (QED) is 0.934. The molecule has 0 aliphatic rings. The second kappa shape index (κ2) is 5.93. The maximum atomic E-state index is 13.3. The zero-order valence-corrected chi connectivity index (χ0v) is 11.7. The number of carbonyl (C=O) groups is 1. The normalized spacial score (nSPS) is 10.5. The first-order valence-electron chi connectivity index (χ1n) is 5.97. The highest BCUT2D eigenvalue weighted by atomic mass is 32.1. The van der Waals surface area contributed by atoms with Crippen LogP contribution >= 0.6 is 11.3 Å². The van der Waals surface area contributed by atoms with Gasteiger partial charge < -0.3 is 5.32 Å². The summed E-state index contributed by atoms with van der Waals surface area (Å²) in [6.07, 6.45) is 0.263. The molecule has 0 radical (unpaired) electrons. The molecule has 2 aromatic rings. The summed E-state index contributed by atoms with van der Waals surface area (Å²) in [6.45, 7) is 3.95. The van der Waals surface area contributed by atoms with E-state index in [2.05, 4.69) is 10.3 Å². The van der Waals surface area contributed by atoms with E-state index in [0.29, 0.717) is 12.1 Å². The van der Waals surface area contributed by atoms with Crippen LogP contribution in [0.4, 0.5) is 4.39 Å². The molecule has 0 unspecified atom stereocenters. The van der Waals surface area contributed by atoms with Gasteiger partial charge in [-0.2, -0.15) is 0 Å². The van der Waals surface area contributed by atoms with E-state index in [1.165, 1.54) is 17.4 Å². The van der Waals surface area contributed by atoms with Crippen molar-refractivity contribution < 1.29 is 9.18 Å². The number of amides is 1. The summed E-state index contributed by atoms with van der Waals surface area (Å²) in [5.74, 6) is -0.354. The van der Waals surface area contributed by atoms with Crippen molar-refractivity contribution in [2.75, 3.05) is 0 Å². The van der Waals surface area contributed by atoms with Gasteiger partial charge in [0.2, 0.25) is 5.91 Å². The molecule has 0 aliphatic carbocycles. The fraction of sp³-hybridized carbons (Fsp3) is 0.286. The SMILES string of the molecule is Cc1nc(CC(=O)NCc2ccc(C)c(F)c2)cs1. The van der Waals surface area contributed by atoms with E-state index in [4.69, 9.17) is 0 Å². The van der Waals surface area contributed by atoms with Crippen LogP contribution in [0.3, 0.4) is 0 Å². The summed E-state index contributed by atoms with van der Waals surface area (Å²) in [4.78, 5) is 15.9. The number of carbonyl (C=O) groups excluding carboxylic acids is 1. The Kier molecular flexibility index (Phi) is 4.27. The van der Waals surface area contributed by atoms with Gasteiger partial charge in [0.05, 0.1) is 17.1 Å². The first kappa shape index (κ1) is 13.7. The molecule has 0 saturated heterocycles. The lowest BCUT2D eigenvalue weighted by atomic mass is 10.1. The van der Waals surface area contributed by atoms with Crippen LogP contribution in [0.1, 0.15) is 21.8 Å². The molecule has 0 saturated carbocycles. The molecule has 1 amide bonds. The molecular weight excluding hydrogens is 263 g/mol. The Labute approximate surface area is 115 Å². The molecule has 0 aliphatic heterocycles. The number of hydrogen-bond donors (Lipinski definition) is 1. The minimum Gasteiger partial charge on any atom is -0.352 e. The zero-order chi connectivity index (χ0) is 13.8. The summed E-state index contributed by atoms with van der Waals surface area (Å²) in [5, 5.41) is 5.59. The summed E-state index contributed by atoms with van der Waals surface area (Å²) in [5.41, 5.74) is 2.13. The van der Waals surface area contributed by atoms with E-state index in [0.717, 1.165) is 16.3 Å². The van der Waals surface area contributed by atoms with Crippen LogP contribution in [0.25, 0.3) is 0 Å². The van der Waals surface area contributed by atoms with Gasteiger partial charge in [0.25, 0.3) is 0 Å². The molecular formula is C14H15FN2OS. The molecule has 100 valence electrons. The van der Waals surface area contributed by atoms with Crippen LogP contribution in [0.2, 0.25) is 0 Å². The van der Waals surface area contributed by atoms with Crippen molar-refractivity contribution in [2.45, 2.75) is 26.8 Å². The van der Waals surface area contributed by atoms with Gasteiger partial charge in [-0.15, -0.1) is 11.3 Å². The molecule has 1 aromatic heterocycles. The molecule has 1 N–H and O–H groups in total. The Hall–Kier alpha value is -1.75. The van der Waals surface area contributed by atoms with Crippen molar-refractivity contribution in [3.8, 4) is 0 Å². The molecule has 0 bridgehead atoms. The predicted molar refractivity (Wildman–Crippen MR) is 73.5 cm³/mol. The third-order valence-electron chi connectivity index (χ3n) is 2.73. The van der Waals surface area contributed by atoms with Gasteiger partial charge in [-0.1, -0.05) is 12.1 Å². The number of hydrogen-bond acceptors (Lipinski definition) is 3. The second-order valence-corrected chi connectivity index (χ2v) is 5.46. The topological polar surface area (TPSA) is 42.0 Å². The molecule has 5 heteroatoms. The van der Waals surface area contributed by atoms with Crippen LogP contribution in [-0.2, 0) is 17.8 Å². The predicted octanol–water partition coefficient (Wildman–Crippen LogP) is 2.76. The lowest BCUT2D eigenvalue weighted by molar-refractivity contribution is -0.120. The van der Waals surface area contributed by atoms with Crippen LogP contribution in [0.5, 0.6) is 0 Å². The maximum Gasteiger partial charge on any atom is 0.226 e. The summed E-state index contributed by atoms with van der Waals surface area (Å²) >= 11 is 1.52. The lowest BCUT2D eigenvalue weighted by Crippen LogP contribution is -2.24. The number of aryl methyl sites for hydroxylation is 2. The zero-order valence-electron chi connectivity index (χ0n) is 10.9. The Morgan fingerprint density at radius 3 is 2.84 bits per heavy atom. The van der Waals surface area contributed by atoms with Crippen molar-refractivity contribution in [1.29, 1.82) is 0 Å². The van der Waals surface area contributed by atoms with E-state index in [1.54, 1.807) is 13.0 Å². The third-order valence-corrected chi connectivity index (χ3v) is 3.56. The van der Waals surface area contributed by atoms with Gasteiger partial charge in [0.15, 0.2) is 0 Å². The number of rotatable bonds is 4. The molecule has 3 nitrogen and oxygen atoms in total. The van der Waals surface area contributed by atoms with Gasteiger partial charge in [-0.05, 0) is 31.0 Å². The number of benzene rings is 1. The Morgan fingerprint density at radius 1 is 1.42 bits per heavy atom. The highest BCUT2D eigenvalue weighted by molar-refractivity contribution is 7.09. The minimum atomic E-state index is -0.248. The molecule has 0 fully saturated rings. The first-order valence-corrected chi connectivity index (χ1v) is 6.85. The lowest BCUT2D eigenvalue weighted by Gasteiger charge is -2.05. The molecule has 0 atom stereocenters. The Bertz CT molecular complexity index is 595. The van der Waals surface area contributed by atoms with E-state index in [1.807, 2.05) is 18.4 Å². The van der Waals surface area contributed by atoms with Gasteiger partial charge in [-0.25, -0.2) is 9.37 Å².